The van der Waals surface area contributed by atoms with Crippen molar-refractivity contribution >= 4 is 34.6 Å². The first kappa shape index (κ1) is 23.7. The van der Waals surface area contributed by atoms with Gasteiger partial charge in [0, 0.05) is 31.3 Å². The monoisotopic (exact) mass is 461 g/mol. The third-order valence-electron chi connectivity index (χ3n) is 5.23. The quantitative estimate of drug-likeness (QED) is 0.573. The number of amides is 2. The van der Waals surface area contributed by atoms with E-state index in [-0.39, 0.29) is 22.7 Å². The van der Waals surface area contributed by atoms with E-state index in [9.17, 15) is 14.4 Å². The summed E-state index contributed by atoms with van der Waals surface area (Å²) in [6.45, 7) is 8.44. The van der Waals surface area contributed by atoms with E-state index in [2.05, 4.69) is 27.9 Å². The first-order chi connectivity index (χ1) is 15.2. The van der Waals surface area contributed by atoms with Crippen molar-refractivity contribution in [2.75, 3.05) is 49.3 Å². The summed E-state index contributed by atoms with van der Waals surface area (Å²) >= 11 is 0.996. The summed E-state index contributed by atoms with van der Waals surface area (Å²) in [6.07, 6.45) is 1.59. The van der Waals surface area contributed by atoms with Crippen LogP contribution in [0.5, 0.6) is 0 Å². The van der Waals surface area contributed by atoms with Crippen molar-refractivity contribution in [2.24, 2.45) is 0 Å². The van der Waals surface area contributed by atoms with Crippen molar-refractivity contribution < 1.29 is 23.7 Å². The maximum Gasteiger partial charge on any atom is 0.305 e. The lowest BCUT2D eigenvalue weighted by Gasteiger charge is -2.26. The zero-order valence-corrected chi connectivity index (χ0v) is 19.6. The average molecular weight is 462 g/mol. The molecule has 2 N–H and O–H groups in total. The highest BCUT2D eigenvalue weighted by molar-refractivity contribution is 8.14. The van der Waals surface area contributed by atoms with Gasteiger partial charge in [-0.1, -0.05) is 30.0 Å². The first-order valence-corrected chi connectivity index (χ1v) is 11.4. The predicted molar refractivity (Wildman–Crippen MR) is 121 cm³/mol. The molecule has 1 atom stereocenters. The summed E-state index contributed by atoms with van der Waals surface area (Å²) < 4.78 is 5.24. The number of piperazine rings is 1. The lowest BCUT2D eigenvalue weighted by Crippen LogP contribution is -2.65. The number of aromatic nitrogens is 2. The summed E-state index contributed by atoms with van der Waals surface area (Å²) in [5, 5.41) is 11.1. The summed E-state index contributed by atoms with van der Waals surface area (Å²) in [6, 6.07) is 4.73. The minimum absolute atomic E-state index is 0.0879. The van der Waals surface area contributed by atoms with Gasteiger partial charge >= 0.3 is 5.88 Å². The smallest absolute Gasteiger partial charge is 0.305 e. The third-order valence-corrected chi connectivity index (χ3v) is 6.20. The molecule has 32 heavy (non-hydrogen) atoms. The van der Waals surface area contributed by atoms with Crippen LogP contribution in [0.3, 0.4) is 0 Å². The van der Waals surface area contributed by atoms with Gasteiger partial charge in [0.15, 0.2) is 0 Å². The van der Waals surface area contributed by atoms with Crippen molar-refractivity contribution in [1.29, 1.82) is 0 Å². The van der Waals surface area contributed by atoms with Gasteiger partial charge in [-0.3, -0.25) is 24.2 Å². The van der Waals surface area contributed by atoms with Gasteiger partial charge in [-0.15, -0.1) is 0 Å². The van der Waals surface area contributed by atoms with Gasteiger partial charge in [0.1, 0.15) is 6.04 Å². The Hall–Kier alpha value is -2.92. The Morgan fingerprint density at radius 1 is 1.19 bits per heavy atom. The topological polar surface area (TPSA) is 112 Å². The van der Waals surface area contributed by atoms with Crippen LogP contribution >= 0.6 is 11.8 Å². The number of thioether (sulfide) groups is 1. The van der Waals surface area contributed by atoms with Crippen LogP contribution in [-0.4, -0.2) is 72.1 Å². The largest absolute Gasteiger partial charge is 0.344 e. The maximum absolute atomic E-state index is 12.8. The van der Waals surface area contributed by atoms with Gasteiger partial charge in [-0.2, -0.15) is 5.01 Å². The Labute approximate surface area is 191 Å². The molecular formula is C21H29N6O4S+. The van der Waals surface area contributed by atoms with E-state index in [0.717, 1.165) is 49.1 Å². The van der Waals surface area contributed by atoms with Crippen LogP contribution in [-0.2, 0) is 9.59 Å². The fourth-order valence-electron chi connectivity index (χ4n) is 3.43. The Morgan fingerprint density at radius 3 is 2.47 bits per heavy atom. The second-order valence-electron chi connectivity index (χ2n) is 7.85. The maximum atomic E-state index is 12.8. The molecular weight excluding hydrogens is 432 g/mol. The Balaban J connectivity index is 1.62. The molecule has 0 radical (unpaired) electrons. The second kappa shape index (κ2) is 10.6. The average Bonchev–Trinajstić information content (AvgIpc) is 3.19. The number of carbonyl (C=O) groups is 3. The van der Waals surface area contributed by atoms with E-state index in [1.807, 2.05) is 37.1 Å². The molecule has 2 aromatic rings. The molecule has 2 amide bonds. The lowest BCUT2D eigenvalue weighted by molar-refractivity contribution is -0.759. The van der Waals surface area contributed by atoms with Crippen molar-refractivity contribution in [2.45, 2.75) is 26.8 Å². The molecule has 0 unspecified atom stereocenters. The van der Waals surface area contributed by atoms with Crippen LogP contribution in [0, 0.1) is 13.8 Å². The molecule has 0 spiro atoms. The van der Waals surface area contributed by atoms with E-state index in [1.54, 1.807) is 11.0 Å². The number of nitrogens with zero attached hydrogens (tertiary/aromatic N) is 4. The number of carbonyl (C=O) groups excluding carboxylic acids is 3. The van der Waals surface area contributed by atoms with Crippen molar-refractivity contribution in [3.63, 3.8) is 0 Å². The second-order valence-corrected chi connectivity index (χ2v) is 8.84. The van der Waals surface area contributed by atoms with Gasteiger partial charge in [0.25, 0.3) is 6.20 Å². The predicted octanol–water partition coefficient (Wildman–Crippen LogP) is 0.479. The van der Waals surface area contributed by atoms with Crippen molar-refractivity contribution in [1.82, 2.24) is 15.5 Å². The van der Waals surface area contributed by atoms with Crippen LogP contribution < -0.4 is 20.4 Å². The molecule has 0 bridgehead atoms. The zero-order chi connectivity index (χ0) is 23.3. The van der Waals surface area contributed by atoms with E-state index in [0.29, 0.717) is 5.56 Å². The van der Waals surface area contributed by atoms with Crippen LogP contribution in [0.25, 0.3) is 0 Å². The van der Waals surface area contributed by atoms with Crippen LogP contribution in [0.15, 0.2) is 28.9 Å². The lowest BCUT2D eigenvalue weighted by atomic mass is 10.0. The van der Waals surface area contributed by atoms with Gasteiger partial charge in [-0.05, 0) is 32.0 Å². The molecule has 172 valence electrons. The van der Waals surface area contributed by atoms with E-state index in [1.165, 1.54) is 6.92 Å². The molecule has 0 saturated carbocycles. The Kier molecular flexibility index (Phi) is 7.86. The van der Waals surface area contributed by atoms with E-state index in [4.69, 9.17) is 4.52 Å². The molecule has 0 aliphatic carbocycles. The molecule has 1 aliphatic rings. The molecule has 1 fully saturated rings. The molecule has 10 nitrogen and oxygen atoms in total. The van der Waals surface area contributed by atoms with E-state index >= 15 is 0 Å². The standard InChI is InChI=1S/C21H28N6O4S/c1-14-6-5-7-15(2)19(14)21(30)32-13-17(22-16(3)28)20(29)23-18-12-27(24-31-18)26-10-8-25(4)9-11-26/h5-7,12,17H,8-11,13H2,1-4H3,(H-,22,23,24,28,29)/p+1/t17-/m0/s1. The van der Waals surface area contributed by atoms with Crippen molar-refractivity contribution in [3.05, 3.63) is 41.1 Å². The highest BCUT2D eigenvalue weighted by Gasteiger charge is 2.28. The van der Waals surface area contributed by atoms with Crippen LogP contribution in [0.4, 0.5) is 5.88 Å². The number of benzene rings is 1. The minimum Gasteiger partial charge on any atom is -0.344 e. The van der Waals surface area contributed by atoms with Gasteiger partial charge in [-0.25, -0.2) is 0 Å². The van der Waals surface area contributed by atoms with Crippen molar-refractivity contribution in [3.8, 4) is 0 Å². The Bertz CT molecular complexity index is 966. The number of anilines is 1. The summed E-state index contributed by atoms with van der Waals surface area (Å²) in [5.74, 6) is -0.598. The summed E-state index contributed by atoms with van der Waals surface area (Å²) in [5.41, 5.74) is 2.37. The number of rotatable bonds is 7. The molecule has 2 heterocycles. The molecule has 11 heteroatoms. The fourth-order valence-corrected chi connectivity index (χ4v) is 4.45. The molecule has 1 aromatic heterocycles. The summed E-state index contributed by atoms with van der Waals surface area (Å²) in [7, 11) is 2.06. The number of aryl methyl sites for hydroxylation is 2. The van der Waals surface area contributed by atoms with E-state index < -0.39 is 11.9 Å². The summed E-state index contributed by atoms with van der Waals surface area (Å²) in [4.78, 5) is 40.9. The van der Waals surface area contributed by atoms with Gasteiger partial charge in [0.2, 0.25) is 22.2 Å². The minimum atomic E-state index is -0.909. The third kappa shape index (κ3) is 6.07. The molecule has 1 aromatic carbocycles. The normalized spacial score (nSPS) is 15.3. The number of hydrogen-bond donors (Lipinski definition) is 2. The fraction of sp³-hybridized carbons (Fsp3) is 0.476. The highest BCUT2D eigenvalue weighted by atomic mass is 32.2. The van der Waals surface area contributed by atoms with Gasteiger partial charge < -0.3 is 10.2 Å². The highest BCUT2D eigenvalue weighted by Crippen LogP contribution is 2.21. The Morgan fingerprint density at radius 2 is 1.84 bits per heavy atom. The van der Waals surface area contributed by atoms with Gasteiger partial charge in [0.05, 0.1) is 17.9 Å². The SMILES string of the molecule is CC(=O)N[C@@H](CSC(=O)c1c(C)cccc1C)C(=O)Nc1c[n+](N2CCN(C)CC2)no1. The number of hydrogen-bond acceptors (Lipinski definition) is 8. The number of nitrogens with one attached hydrogen (secondary N) is 2. The first-order valence-electron chi connectivity index (χ1n) is 10.4. The van der Waals surface area contributed by atoms with Crippen LogP contribution in [0.2, 0.25) is 0 Å². The number of likely N-dealkylation sites (N-methyl/N-ethyl adjacent to an activating group) is 1. The van der Waals surface area contributed by atoms with Crippen LogP contribution in [0.1, 0.15) is 28.4 Å². The molecule has 1 saturated heterocycles. The zero-order valence-electron chi connectivity index (χ0n) is 18.8. The molecule has 3 rings (SSSR count). The molecule has 1 aliphatic heterocycles.